The predicted octanol–water partition coefficient (Wildman–Crippen LogP) is 0.886. The van der Waals surface area contributed by atoms with Crippen molar-refractivity contribution in [2.24, 2.45) is 5.92 Å². The molecule has 0 saturated heterocycles. The number of hydrogen-bond acceptors (Lipinski definition) is 4. The molecule has 0 rings (SSSR count). The van der Waals surface area contributed by atoms with Crippen molar-refractivity contribution in [3.8, 4) is 0 Å². The second-order valence-electron chi connectivity index (χ2n) is 2.81. The Kier molecular flexibility index (Phi) is 4.44. The van der Waals surface area contributed by atoms with Gasteiger partial charge >= 0.3 is 12.1 Å². The molecular formula is C8H9F3O4. The van der Waals surface area contributed by atoms with Crippen LogP contribution in [0.25, 0.3) is 0 Å². The summed E-state index contributed by atoms with van der Waals surface area (Å²) in [6.45, 7) is 0.922. The zero-order chi connectivity index (χ0) is 12.2. The molecule has 0 fully saturated rings. The van der Waals surface area contributed by atoms with Gasteiger partial charge in [0.15, 0.2) is 0 Å². The van der Waals surface area contributed by atoms with E-state index in [0.717, 1.165) is 14.0 Å². The third-order valence-corrected chi connectivity index (χ3v) is 1.68. The van der Waals surface area contributed by atoms with Gasteiger partial charge in [-0.15, -0.1) is 0 Å². The SMILES string of the molecule is COC(=O)C(CC(=O)C(F)(F)F)C(C)=O. The van der Waals surface area contributed by atoms with E-state index in [2.05, 4.69) is 4.74 Å². The number of ketones is 2. The fourth-order valence-electron chi connectivity index (χ4n) is 0.836. The smallest absolute Gasteiger partial charge is 0.450 e. The third kappa shape index (κ3) is 4.09. The number of esters is 1. The van der Waals surface area contributed by atoms with Gasteiger partial charge in [0.2, 0.25) is 5.78 Å². The first kappa shape index (κ1) is 13.6. The Morgan fingerprint density at radius 3 is 2.00 bits per heavy atom. The van der Waals surface area contributed by atoms with E-state index in [9.17, 15) is 27.6 Å². The molecule has 0 aromatic rings. The summed E-state index contributed by atoms with van der Waals surface area (Å²) < 4.78 is 39.6. The molecule has 1 atom stereocenters. The molecule has 0 aromatic heterocycles. The van der Waals surface area contributed by atoms with Crippen LogP contribution in [-0.4, -0.2) is 30.8 Å². The van der Waals surface area contributed by atoms with Crippen LogP contribution in [0.15, 0.2) is 0 Å². The number of halogens is 3. The monoisotopic (exact) mass is 226 g/mol. The van der Waals surface area contributed by atoms with Crippen molar-refractivity contribution in [2.75, 3.05) is 7.11 Å². The van der Waals surface area contributed by atoms with Gasteiger partial charge in [-0.25, -0.2) is 0 Å². The van der Waals surface area contributed by atoms with Gasteiger partial charge in [0.1, 0.15) is 11.7 Å². The number of ether oxygens (including phenoxy) is 1. The molecule has 0 radical (unpaired) electrons. The predicted molar refractivity (Wildman–Crippen MR) is 41.9 cm³/mol. The summed E-state index contributed by atoms with van der Waals surface area (Å²) in [6.07, 6.45) is -6.24. The van der Waals surface area contributed by atoms with Crippen molar-refractivity contribution in [1.82, 2.24) is 0 Å². The highest BCUT2D eigenvalue weighted by atomic mass is 19.4. The first-order valence-electron chi connectivity index (χ1n) is 3.88. The molecule has 0 bridgehead atoms. The summed E-state index contributed by atoms with van der Waals surface area (Å²) in [6, 6.07) is 0. The number of carbonyl (C=O) groups excluding carboxylic acids is 3. The van der Waals surface area contributed by atoms with Crippen molar-refractivity contribution in [3.05, 3.63) is 0 Å². The summed E-state index contributed by atoms with van der Waals surface area (Å²) in [5.74, 6) is -5.77. The number of methoxy groups -OCH3 is 1. The van der Waals surface area contributed by atoms with Crippen LogP contribution in [0.3, 0.4) is 0 Å². The maximum atomic E-state index is 11.8. The van der Waals surface area contributed by atoms with E-state index >= 15 is 0 Å². The summed E-state index contributed by atoms with van der Waals surface area (Å²) in [4.78, 5) is 32.2. The minimum Gasteiger partial charge on any atom is -0.468 e. The number of alkyl halides is 3. The lowest BCUT2D eigenvalue weighted by Crippen LogP contribution is -2.32. The van der Waals surface area contributed by atoms with Crippen LogP contribution < -0.4 is 0 Å². The lowest BCUT2D eigenvalue weighted by molar-refractivity contribution is -0.174. The average molecular weight is 226 g/mol. The first-order chi connectivity index (χ1) is 6.70. The largest absolute Gasteiger partial charge is 0.468 e. The standard InChI is InChI=1S/C8H9F3O4/c1-4(12)5(7(14)15-2)3-6(13)8(9,10)11/h5H,3H2,1-2H3. The summed E-state index contributed by atoms with van der Waals surface area (Å²) >= 11 is 0. The van der Waals surface area contributed by atoms with Gasteiger partial charge in [-0.05, 0) is 6.92 Å². The molecule has 0 aliphatic carbocycles. The molecule has 0 spiro atoms. The fourth-order valence-corrected chi connectivity index (χ4v) is 0.836. The fraction of sp³-hybridized carbons (Fsp3) is 0.625. The van der Waals surface area contributed by atoms with Crippen LogP contribution in [0, 0.1) is 5.92 Å². The molecule has 86 valence electrons. The van der Waals surface area contributed by atoms with E-state index < -0.39 is 36.1 Å². The van der Waals surface area contributed by atoms with Gasteiger partial charge < -0.3 is 4.74 Å². The van der Waals surface area contributed by atoms with Gasteiger partial charge in [-0.3, -0.25) is 14.4 Å². The molecule has 7 heteroatoms. The van der Waals surface area contributed by atoms with Crippen LogP contribution in [0.5, 0.6) is 0 Å². The van der Waals surface area contributed by atoms with E-state index in [0.29, 0.717) is 0 Å². The van der Waals surface area contributed by atoms with Crippen molar-refractivity contribution in [1.29, 1.82) is 0 Å². The van der Waals surface area contributed by atoms with Gasteiger partial charge in [0.05, 0.1) is 7.11 Å². The van der Waals surface area contributed by atoms with Gasteiger partial charge in [0, 0.05) is 6.42 Å². The van der Waals surface area contributed by atoms with Crippen LogP contribution in [0.4, 0.5) is 13.2 Å². The number of hydrogen-bond donors (Lipinski definition) is 0. The van der Waals surface area contributed by atoms with Crippen molar-refractivity contribution < 1.29 is 32.3 Å². The van der Waals surface area contributed by atoms with Gasteiger partial charge in [-0.2, -0.15) is 13.2 Å². The molecule has 0 amide bonds. The minimum atomic E-state index is -5.04. The Hall–Kier alpha value is -1.40. The van der Waals surface area contributed by atoms with Crippen molar-refractivity contribution in [3.63, 3.8) is 0 Å². The van der Waals surface area contributed by atoms with Crippen LogP contribution in [0.2, 0.25) is 0 Å². The highest BCUT2D eigenvalue weighted by molar-refractivity contribution is 6.02. The topological polar surface area (TPSA) is 60.4 Å². The molecule has 0 heterocycles. The molecule has 4 nitrogen and oxygen atoms in total. The zero-order valence-corrected chi connectivity index (χ0v) is 8.05. The highest BCUT2D eigenvalue weighted by Gasteiger charge is 2.41. The Labute approximate surface area is 83.4 Å². The van der Waals surface area contributed by atoms with E-state index in [1.165, 1.54) is 0 Å². The van der Waals surface area contributed by atoms with Gasteiger partial charge in [-0.1, -0.05) is 0 Å². The van der Waals surface area contributed by atoms with E-state index in [-0.39, 0.29) is 0 Å². The van der Waals surface area contributed by atoms with E-state index in [1.54, 1.807) is 0 Å². The van der Waals surface area contributed by atoms with Crippen LogP contribution in [-0.2, 0) is 19.1 Å². The molecule has 15 heavy (non-hydrogen) atoms. The quantitative estimate of drug-likeness (QED) is 0.527. The Balaban J connectivity index is 4.65. The second kappa shape index (κ2) is 4.90. The Bertz CT molecular complexity index is 282. The summed E-state index contributed by atoms with van der Waals surface area (Å²) in [5.41, 5.74) is 0. The molecule has 0 aliphatic heterocycles. The third-order valence-electron chi connectivity index (χ3n) is 1.68. The molecule has 0 aromatic carbocycles. The molecule has 0 saturated carbocycles. The summed E-state index contributed by atoms with van der Waals surface area (Å²) in [5, 5.41) is 0. The molecule has 1 unspecified atom stereocenters. The Morgan fingerprint density at radius 1 is 1.27 bits per heavy atom. The molecular weight excluding hydrogens is 217 g/mol. The van der Waals surface area contributed by atoms with E-state index in [1.807, 2.05) is 0 Å². The van der Waals surface area contributed by atoms with Gasteiger partial charge in [0.25, 0.3) is 0 Å². The minimum absolute atomic E-state index is 0.834. The average Bonchev–Trinajstić information content (AvgIpc) is 2.10. The highest BCUT2D eigenvalue weighted by Crippen LogP contribution is 2.21. The zero-order valence-electron chi connectivity index (χ0n) is 8.05. The summed E-state index contributed by atoms with van der Waals surface area (Å²) in [7, 11) is 0.927. The number of carbonyl (C=O) groups is 3. The number of rotatable bonds is 4. The van der Waals surface area contributed by atoms with Crippen molar-refractivity contribution in [2.45, 2.75) is 19.5 Å². The lowest BCUT2D eigenvalue weighted by Gasteiger charge is -2.11. The van der Waals surface area contributed by atoms with Crippen LogP contribution >= 0.6 is 0 Å². The maximum Gasteiger partial charge on any atom is 0.450 e. The molecule has 0 aliphatic rings. The molecule has 0 N–H and O–H groups in total. The van der Waals surface area contributed by atoms with Crippen LogP contribution in [0.1, 0.15) is 13.3 Å². The van der Waals surface area contributed by atoms with Crippen molar-refractivity contribution >= 4 is 17.5 Å². The normalized spacial score (nSPS) is 13.1. The van der Waals surface area contributed by atoms with E-state index in [4.69, 9.17) is 0 Å². The number of Topliss-reactive ketones (excluding diaryl/α,β-unsaturated/α-hetero) is 2. The second-order valence-corrected chi connectivity index (χ2v) is 2.81. The lowest BCUT2D eigenvalue weighted by atomic mass is 9.98. The Morgan fingerprint density at radius 2 is 1.73 bits per heavy atom. The maximum absolute atomic E-state index is 11.8. The first-order valence-corrected chi connectivity index (χ1v) is 3.88.